The van der Waals surface area contributed by atoms with Crippen molar-refractivity contribution in [3.05, 3.63) is 42.5 Å². The summed E-state index contributed by atoms with van der Waals surface area (Å²) < 4.78 is 0. The van der Waals surface area contributed by atoms with Crippen LogP contribution in [0.25, 0.3) is 10.8 Å². The molecule has 0 heterocycles. The molecule has 2 atom stereocenters. The van der Waals surface area contributed by atoms with Crippen LogP contribution in [-0.4, -0.2) is 36.1 Å². The summed E-state index contributed by atoms with van der Waals surface area (Å²) in [6, 6.07) is 13.0. The largest absolute Gasteiger partial charge is 0.370 e. The number of hydrogen-bond donors (Lipinski definition) is 5. The van der Waals surface area contributed by atoms with Gasteiger partial charge >= 0.3 is 0 Å². The summed E-state index contributed by atoms with van der Waals surface area (Å²) in [4.78, 5) is 29.7. The first kappa shape index (κ1) is 24.5. The number of nitrogens with one attached hydrogen (secondary N) is 2. The third kappa shape index (κ3) is 8.13. The molecule has 0 bridgehead atoms. The number of guanidine groups is 1. The lowest BCUT2D eigenvalue weighted by Crippen LogP contribution is -2.46. The average molecular weight is 444 g/mol. The summed E-state index contributed by atoms with van der Waals surface area (Å²) in [6.45, 7) is 2.47. The number of fused-ring (bicyclic) bond motifs is 1. The maximum Gasteiger partial charge on any atom is 0.246 e. The van der Waals surface area contributed by atoms with Crippen molar-refractivity contribution in [3.8, 4) is 0 Å². The third-order valence-corrected chi connectivity index (χ3v) is 5.53. The number of unbranched alkanes of at least 4 members (excludes halogenated alkanes) is 1. The monoisotopic (exact) mass is 443 g/mol. The quantitative estimate of drug-likeness (QED) is 0.150. The predicted octanol–water partition coefficient (Wildman–Crippen LogP) is 3.05. The third-order valence-electron chi connectivity index (χ3n) is 5.09. The van der Waals surface area contributed by atoms with Crippen LogP contribution < -0.4 is 22.1 Å². The van der Waals surface area contributed by atoms with Gasteiger partial charge in [-0.25, -0.2) is 0 Å². The van der Waals surface area contributed by atoms with Crippen LogP contribution in [0.15, 0.2) is 47.5 Å². The number of nitrogens with zero attached hydrogens (tertiary/aromatic N) is 1. The number of amides is 2. The Hall–Kier alpha value is -2.74. The molecule has 0 unspecified atom stereocenters. The van der Waals surface area contributed by atoms with Crippen LogP contribution in [0.5, 0.6) is 0 Å². The fraction of sp³-hybridized carbons (Fsp3) is 0.435. The zero-order valence-corrected chi connectivity index (χ0v) is 18.9. The first-order chi connectivity index (χ1) is 14.9. The van der Waals surface area contributed by atoms with Gasteiger partial charge in [0.15, 0.2) is 5.96 Å². The van der Waals surface area contributed by atoms with E-state index < -0.39 is 6.04 Å². The van der Waals surface area contributed by atoms with E-state index in [4.69, 9.17) is 11.5 Å². The Morgan fingerprint density at radius 1 is 1.03 bits per heavy atom. The van der Waals surface area contributed by atoms with Gasteiger partial charge < -0.3 is 22.1 Å². The van der Waals surface area contributed by atoms with Crippen LogP contribution in [0, 0.1) is 5.92 Å². The minimum absolute atomic E-state index is 0.0101. The number of hydrogen-bond acceptors (Lipinski definition) is 4. The molecule has 0 saturated carbocycles. The van der Waals surface area contributed by atoms with E-state index in [2.05, 4.69) is 35.2 Å². The van der Waals surface area contributed by atoms with Crippen LogP contribution in [0.4, 0.5) is 5.69 Å². The molecule has 2 rings (SSSR count). The van der Waals surface area contributed by atoms with E-state index in [9.17, 15) is 9.59 Å². The lowest BCUT2D eigenvalue weighted by molar-refractivity contribution is -0.129. The normalized spacial score (nSPS) is 12.7. The van der Waals surface area contributed by atoms with Crippen molar-refractivity contribution in [2.75, 3.05) is 17.6 Å². The zero-order chi connectivity index (χ0) is 22.6. The summed E-state index contributed by atoms with van der Waals surface area (Å²) in [5.74, 6) is -0.183. The fourth-order valence-corrected chi connectivity index (χ4v) is 3.66. The standard InChI is InChI=1S/C23H33N5O2S/c1-2-3-7-18(15-31)21(29)28-20(10-6-13-26-23(24)25)22(30)27-19-12-11-16-8-4-5-9-17(16)14-19/h4-5,8-9,11-12,14,18,20,31H,2-3,6-7,10,13,15H2,1H3,(H,27,30)(H,28,29)(H4,24,25,26)/t18-,20-/m0/s1. The van der Waals surface area contributed by atoms with E-state index in [0.717, 1.165) is 30.0 Å². The summed E-state index contributed by atoms with van der Waals surface area (Å²) in [5, 5.41) is 7.97. The van der Waals surface area contributed by atoms with Crippen LogP contribution in [0.3, 0.4) is 0 Å². The van der Waals surface area contributed by atoms with Gasteiger partial charge in [0.05, 0.1) is 0 Å². The van der Waals surface area contributed by atoms with Gasteiger partial charge in [-0.1, -0.05) is 50.1 Å². The van der Waals surface area contributed by atoms with Gasteiger partial charge in [-0.15, -0.1) is 0 Å². The van der Waals surface area contributed by atoms with Gasteiger partial charge in [0.2, 0.25) is 11.8 Å². The molecule has 2 aromatic rings. The second-order valence-corrected chi connectivity index (χ2v) is 7.95. The maximum atomic E-state index is 13.0. The van der Waals surface area contributed by atoms with Gasteiger partial charge in [0, 0.05) is 23.9 Å². The molecule has 0 aliphatic rings. The highest BCUT2D eigenvalue weighted by atomic mass is 32.1. The average Bonchev–Trinajstić information content (AvgIpc) is 2.76. The van der Waals surface area contributed by atoms with E-state index in [1.165, 1.54) is 0 Å². The highest BCUT2D eigenvalue weighted by molar-refractivity contribution is 7.80. The molecule has 0 aliphatic heterocycles. The number of carbonyl (C=O) groups excluding carboxylic acids is 2. The highest BCUT2D eigenvalue weighted by Crippen LogP contribution is 2.19. The molecule has 2 aromatic carbocycles. The Balaban J connectivity index is 2.09. The fourth-order valence-electron chi connectivity index (χ4n) is 3.31. The van der Waals surface area contributed by atoms with E-state index >= 15 is 0 Å². The molecule has 8 heteroatoms. The molecule has 0 fully saturated rings. The molecule has 0 radical (unpaired) electrons. The highest BCUT2D eigenvalue weighted by Gasteiger charge is 2.24. The first-order valence-corrected chi connectivity index (χ1v) is 11.3. The van der Waals surface area contributed by atoms with Crippen molar-refractivity contribution in [2.45, 2.75) is 45.1 Å². The molecule has 0 spiro atoms. The summed E-state index contributed by atoms with van der Waals surface area (Å²) in [6.07, 6.45) is 3.68. The predicted molar refractivity (Wildman–Crippen MR) is 131 cm³/mol. The molecular formula is C23H33N5O2S. The summed E-state index contributed by atoms with van der Waals surface area (Å²) in [7, 11) is 0. The van der Waals surface area contributed by atoms with Crippen molar-refractivity contribution < 1.29 is 9.59 Å². The van der Waals surface area contributed by atoms with Crippen LogP contribution in [0.2, 0.25) is 0 Å². The van der Waals surface area contributed by atoms with Crippen LogP contribution >= 0.6 is 12.6 Å². The number of aliphatic imine (C=N–C) groups is 1. The number of benzene rings is 2. The SMILES string of the molecule is CCCC[C@@H](CS)C(=O)N[C@@H](CCCN=C(N)N)C(=O)Nc1ccc2ccccc2c1. The Labute approximate surface area is 189 Å². The second-order valence-electron chi connectivity index (χ2n) is 7.58. The Morgan fingerprint density at radius 2 is 1.77 bits per heavy atom. The van der Waals surface area contributed by atoms with Crippen molar-refractivity contribution in [1.29, 1.82) is 0 Å². The molecule has 31 heavy (non-hydrogen) atoms. The Kier molecular flexibility index (Phi) is 10.2. The topological polar surface area (TPSA) is 123 Å². The number of rotatable bonds is 12. The molecule has 7 nitrogen and oxygen atoms in total. The molecule has 6 N–H and O–H groups in total. The molecule has 0 aromatic heterocycles. The number of anilines is 1. The Bertz CT molecular complexity index is 898. The number of carbonyl (C=O) groups is 2. The van der Waals surface area contributed by atoms with Crippen molar-refractivity contribution >= 4 is 46.9 Å². The first-order valence-electron chi connectivity index (χ1n) is 10.7. The van der Waals surface area contributed by atoms with Crippen molar-refractivity contribution in [2.24, 2.45) is 22.4 Å². The lowest BCUT2D eigenvalue weighted by Gasteiger charge is -2.21. The molecule has 168 valence electrons. The number of nitrogens with two attached hydrogens (primary N) is 2. The van der Waals surface area contributed by atoms with Crippen LogP contribution in [0.1, 0.15) is 39.0 Å². The minimum atomic E-state index is -0.683. The smallest absolute Gasteiger partial charge is 0.246 e. The second kappa shape index (κ2) is 12.8. The van der Waals surface area contributed by atoms with Gasteiger partial charge in [-0.05, 0) is 42.2 Å². The van der Waals surface area contributed by atoms with Crippen molar-refractivity contribution in [3.63, 3.8) is 0 Å². The minimum Gasteiger partial charge on any atom is -0.370 e. The lowest BCUT2D eigenvalue weighted by atomic mass is 10.0. The maximum absolute atomic E-state index is 13.0. The van der Waals surface area contributed by atoms with Crippen molar-refractivity contribution in [1.82, 2.24) is 5.32 Å². The summed E-state index contributed by atoms with van der Waals surface area (Å²) >= 11 is 4.32. The molecule has 2 amide bonds. The van der Waals surface area contributed by atoms with Gasteiger partial charge in [-0.3, -0.25) is 14.6 Å². The molecular weight excluding hydrogens is 410 g/mol. The van der Waals surface area contributed by atoms with E-state index in [1.807, 2.05) is 42.5 Å². The van der Waals surface area contributed by atoms with Gasteiger partial charge in [-0.2, -0.15) is 12.6 Å². The summed E-state index contributed by atoms with van der Waals surface area (Å²) in [5.41, 5.74) is 11.4. The molecule has 0 aliphatic carbocycles. The zero-order valence-electron chi connectivity index (χ0n) is 18.0. The van der Waals surface area contributed by atoms with Gasteiger partial charge in [0.1, 0.15) is 6.04 Å². The van der Waals surface area contributed by atoms with E-state index in [-0.39, 0.29) is 23.7 Å². The van der Waals surface area contributed by atoms with E-state index in [0.29, 0.717) is 30.8 Å². The van der Waals surface area contributed by atoms with E-state index in [1.54, 1.807) is 0 Å². The Morgan fingerprint density at radius 3 is 2.45 bits per heavy atom. The number of thiol groups is 1. The van der Waals surface area contributed by atoms with Gasteiger partial charge in [0.25, 0.3) is 0 Å². The van der Waals surface area contributed by atoms with Crippen LogP contribution in [-0.2, 0) is 9.59 Å². The molecule has 0 saturated heterocycles.